The van der Waals surface area contributed by atoms with Crippen LogP contribution in [0.15, 0.2) is 12.1 Å². The van der Waals surface area contributed by atoms with Crippen LogP contribution in [0.5, 0.6) is 17.2 Å². The zero-order chi connectivity index (χ0) is 16.2. The van der Waals surface area contributed by atoms with Crippen LogP contribution < -0.4 is 14.8 Å². The van der Waals surface area contributed by atoms with E-state index in [0.717, 1.165) is 37.5 Å². The van der Waals surface area contributed by atoms with Crippen molar-refractivity contribution in [2.24, 2.45) is 5.92 Å². The van der Waals surface area contributed by atoms with Gasteiger partial charge in [-0.15, -0.1) is 0 Å². The highest BCUT2D eigenvalue weighted by molar-refractivity contribution is 5.52. The number of nitrogens with one attached hydrogen (secondary N) is 1. The maximum absolute atomic E-state index is 10.7. The van der Waals surface area contributed by atoms with Crippen LogP contribution in [-0.2, 0) is 0 Å². The molecule has 2 fully saturated rings. The molecule has 0 amide bonds. The van der Waals surface area contributed by atoms with Crippen molar-refractivity contribution in [3.63, 3.8) is 0 Å². The van der Waals surface area contributed by atoms with Crippen molar-refractivity contribution < 1.29 is 14.6 Å². The number of rotatable bonds is 5. The van der Waals surface area contributed by atoms with Crippen molar-refractivity contribution in [3.8, 4) is 17.2 Å². The van der Waals surface area contributed by atoms with Crippen molar-refractivity contribution >= 4 is 0 Å². The second-order valence-corrected chi connectivity index (χ2v) is 6.54. The third-order valence-corrected chi connectivity index (χ3v) is 5.24. The maximum atomic E-state index is 10.7. The molecule has 1 aliphatic heterocycles. The minimum atomic E-state index is 0.223. The first-order chi connectivity index (χ1) is 11.2. The first-order valence-electron chi connectivity index (χ1n) is 8.64. The van der Waals surface area contributed by atoms with Gasteiger partial charge in [-0.3, -0.25) is 4.90 Å². The summed E-state index contributed by atoms with van der Waals surface area (Å²) in [6.07, 6.45) is 5.02. The number of benzene rings is 1. The lowest BCUT2D eigenvalue weighted by Crippen LogP contribution is -2.46. The van der Waals surface area contributed by atoms with E-state index < -0.39 is 0 Å². The molecule has 3 rings (SSSR count). The largest absolute Gasteiger partial charge is 0.507 e. The molecule has 0 spiro atoms. The van der Waals surface area contributed by atoms with Gasteiger partial charge in [0.05, 0.1) is 19.8 Å². The van der Waals surface area contributed by atoms with Crippen LogP contribution in [0.2, 0.25) is 0 Å². The number of ether oxygens (including phenoxy) is 2. The van der Waals surface area contributed by atoms with Crippen LogP contribution in [0.4, 0.5) is 0 Å². The molecule has 1 atom stereocenters. The number of aromatic hydroxyl groups is 1. The number of nitrogens with zero attached hydrogens (tertiary/aromatic N) is 1. The average molecular weight is 320 g/mol. The van der Waals surface area contributed by atoms with Crippen LogP contribution in [0.25, 0.3) is 0 Å². The fourth-order valence-electron chi connectivity index (χ4n) is 4.12. The minimum absolute atomic E-state index is 0.223. The van der Waals surface area contributed by atoms with Crippen molar-refractivity contribution in [1.82, 2.24) is 10.2 Å². The molecule has 23 heavy (non-hydrogen) atoms. The summed E-state index contributed by atoms with van der Waals surface area (Å²) in [5.74, 6) is 2.24. The molecule has 1 saturated carbocycles. The number of hydrogen-bond acceptors (Lipinski definition) is 5. The Morgan fingerprint density at radius 3 is 2.43 bits per heavy atom. The van der Waals surface area contributed by atoms with Crippen LogP contribution in [-0.4, -0.2) is 50.4 Å². The molecule has 1 aromatic carbocycles. The molecule has 0 unspecified atom stereocenters. The van der Waals surface area contributed by atoms with Gasteiger partial charge in [-0.05, 0) is 18.8 Å². The predicted octanol–water partition coefficient (Wildman–Crippen LogP) is 2.55. The Balaban J connectivity index is 2.01. The van der Waals surface area contributed by atoms with Gasteiger partial charge in [0.25, 0.3) is 0 Å². The lowest BCUT2D eigenvalue weighted by Gasteiger charge is -2.39. The Kier molecular flexibility index (Phi) is 5.28. The summed E-state index contributed by atoms with van der Waals surface area (Å²) < 4.78 is 10.9. The molecule has 5 nitrogen and oxygen atoms in total. The van der Waals surface area contributed by atoms with Gasteiger partial charge < -0.3 is 19.9 Å². The highest BCUT2D eigenvalue weighted by atomic mass is 16.5. The minimum Gasteiger partial charge on any atom is -0.507 e. The Morgan fingerprint density at radius 2 is 1.83 bits per heavy atom. The number of hydrogen-bond donors (Lipinski definition) is 2. The Labute approximate surface area is 138 Å². The van der Waals surface area contributed by atoms with Gasteiger partial charge in [-0.1, -0.05) is 12.8 Å². The zero-order valence-electron chi connectivity index (χ0n) is 14.2. The van der Waals surface area contributed by atoms with Crippen molar-refractivity contribution in [2.45, 2.75) is 31.7 Å². The van der Waals surface area contributed by atoms with E-state index in [2.05, 4.69) is 10.2 Å². The van der Waals surface area contributed by atoms with Crippen LogP contribution in [0.1, 0.15) is 37.3 Å². The summed E-state index contributed by atoms with van der Waals surface area (Å²) in [4.78, 5) is 2.51. The van der Waals surface area contributed by atoms with Crippen LogP contribution in [0, 0.1) is 5.92 Å². The molecule has 0 aromatic heterocycles. The Bertz CT molecular complexity index is 523. The lowest BCUT2D eigenvalue weighted by atomic mass is 9.88. The number of phenolic OH excluding ortho intramolecular Hbond substituents is 1. The van der Waals surface area contributed by atoms with E-state index in [1.165, 1.54) is 25.7 Å². The van der Waals surface area contributed by atoms with E-state index in [1.807, 2.05) is 6.07 Å². The predicted molar refractivity (Wildman–Crippen MR) is 90.4 cm³/mol. The molecule has 1 saturated heterocycles. The van der Waals surface area contributed by atoms with E-state index in [0.29, 0.717) is 11.7 Å². The van der Waals surface area contributed by atoms with Gasteiger partial charge in [0, 0.05) is 44.4 Å². The van der Waals surface area contributed by atoms with Crippen LogP contribution in [0.3, 0.4) is 0 Å². The third kappa shape index (κ3) is 3.40. The molecule has 1 aliphatic carbocycles. The summed E-state index contributed by atoms with van der Waals surface area (Å²) >= 11 is 0. The summed E-state index contributed by atoms with van der Waals surface area (Å²) in [5, 5.41) is 14.1. The Hall–Kier alpha value is -1.46. The van der Waals surface area contributed by atoms with Crippen molar-refractivity contribution in [3.05, 3.63) is 17.7 Å². The first-order valence-corrected chi connectivity index (χ1v) is 8.64. The SMILES string of the molecule is COc1cc(O)c([C@H](C2CCCC2)N2CCNCC2)c(OC)c1. The molecule has 0 bridgehead atoms. The fraction of sp³-hybridized carbons (Fsp3) is 0.667. The Morgan fingerprint density at radius 1 is 1.13 bits per heavy atom. The summed E-state index contributed by atoms with van der Waals surface area (Å²) in [6.45, 7) is 4.02. The average Bonchev–Trinajstić information content (AvgIpc) is 3.11. The maximum Gasteiger partial charge on any atom is 0.131 e. The van der Waals surface area contributed by atoms with Crippen molar-refractivity contribution in [2.75, 3.05) is 40.4 Å². The number of phenols is 1. The highest BCUT2D eigenvalue weighted by Crippen LogP contribution is 2.47. The quantitative estimate of drug-likeness (QED) is 0.873. The molecule has 128 valence electrons. The second kappa shape index (κ2) is 7.41. The van der Waals surface area contributed by atoms with E-state index in [9.17, 15) is 5.11 Å². The van der Waals surface area contributed by atoms with Gasteiger partial charge in [-0.2, -0.15) is 0 Å². The van der Waals surface area contributed by atoms with E-state index in [1.54, 1.807) is 20.3 Å². The molecule has 2 aliphatic rings. The summed E-state index contributed by atoms with van der Waals surface area (Å²) in [6, 6.07) is 3.82. The smallest absolute Gasteiger partial charge is 0.131 e. The topological polar surface area (TPSA) is 54.0 Å². The summed E-state index contributed by atoms with van der Waals surface area (Å²) in [5.41, 5.74) is 0.933. The van der Waals surface area contributed by atoms with Gasteiger partial charge >= 0.3 is 0 Å². The lowest BCUT2D eigenvalue weighted by molar-refractivity contribution is 0.120. The molecular weight excluding hydrogens is 292 g/mol. The van der Waals surface area contributed by atoms with Gasteiger partial charge in [-0.25, -0.2) is 0 Å². The molecular formula is C18H28N2O3. The monoisotopic (exact) mass is 320 g/mol. The van der Waals surface area contributed by atoms with Gasteiger partial charge in [0.1, 0.15) is 17.2 Å². The first kappa shape index (κ1) is 16.4. The highest BCUT2D eigenvalue weighted by Gasteiger charge is 2.35. The fourth-order valence-corrected chi connectivity index (χ4v) is 4.12. The summed E-state index contributed by atoms with van der Waals surface area (Å²) in [7, 11) is 3.28. The number of piperazine rings is 1. The van der Waals surface area contributed by atoms with Gasteiger partial charge in [0.15, 0.2) is 0 Å². The normalized spacial score (nSPS) is 21.3. The van der Waals surface area contributed by atoms with E-state index >= 15 is 0 Å². The van der Waals surface area contributed by atoms with Gasteiger partial charge in [0.2, 0.25) is 0 Å². The molecule has 5 heteroatoms. The molecule has 2 N–H and O–H groups in total. The number of methoxy groups -OCH3 is 2. The molecule has 1 aromatic rings. The van der Waals surface area contributed by atoms with Crippen molar-refractivity contribution in [1.29, 1.82) is 0 Å². The zero-order valence-corrected chi connectivity index (χ0v) is 14.2. The van der Waals surface area contributed by atoms with Crippen LogP contribution >= 0.6 is 0 Å². The second-order valence-electron chi connectivity index (χ2n) is 6.54. The van der Waals surface area contributed by atoms with E-state index in [4.69, 9.17) is 9.47 Å². The molecule has 1 heterocycles. The van der Waals surface area contributed by atoms with E-state index in [-0.39, 0.29) is 11.8 Å². The third-order valence-electron chi connectivity index (χ3n) is 5.24. The molecule has 0 radical (unpaired) electrons. The standard InChI is InChI=1S/C18H28N2O3/c1-22-14-11-15(21)17(16(12-14)23-2)18(13-5-3-4-6-13)20-9-7-19-8-10-20/h11-13,18-19,21H,3-10H2,1-2H3/t18-/m0/s1.